The van der Waals surface area contributed by atoms with Gasteiger partial charge in [0.25, 0.3) is 5.91 Å². The van der Waals surface area contributed by atoms with E-state index in [1.807, 2.05) is 38.1 Å². The lowest BCUT2D eigenvalue weighted by atomic mass is 10.1. The van der Waals surface area contributed by atoms with Gasteiger partial charge in [-0.15, -0.1) is 0 Å². The standard InChI is InChI=1S/C17H22N2O2/c1-11(2)10-18-17(20)14-9-16(21-12(3)4)19-15-8-6-5-7-13(14)15/h5-9,11-12H,10H2,1-4H3,(H,18,20). The Morgan fingerprint density at radius 2 is 1.95 bits per heavy atom. The van der Waals surface area contributed by atoms with Crippen LogP contribution in [0.25, 0.3) is 10.9 Å². The van der Waals surface area contributed by atoms with Crippen LogP contribution in [0.1, 0.15) is 38.1 Å². The van der Waals surface area contributed by atoms with Crippen LogP contribution in [0.2, 0.25) is 0 Å². The minimum atomic E-state index is -0.0871. The van der Waals surface area contributed by atoms with Crippen molar-refractivity contribution in [1.29, 1.82) is 0 Å². The number of pyridine rings is 1. The van der Waals surface area contributed by atoms with E-state index >= 15 is 0 Å². The van der Waals surface area contributed by atoms with Crippen LogP contribution in [0, 0.1) is 5.92 Å². The maximum Gasteiger partial charge on any atom is 0.252 e. The topological polar surface area (TPSA) is 51.2 Å². The molecule has 1 heterocycles. The molecule has 0 fully saturated rings. The molecule has 1 N–H and O–H groups in total. The van der Waals surface area contributed by atoms with E-state index in [0.717, 1.165) is 10.9 Å². The number of carbonyl (C=O) groups is 1. The van der Waals surface area contributed by atoms with Crippen molar-refractivity contribution in [3.05, 3.63) is 35.9 Å². The zero-order chi connectivity index (χ0) is 15.4. The summed E-state index contributed by atoms with van der Waals surface area (Å²) in [6.45, 7) is 8.66. The van der Waals surface area contributed by atoms with Crippen molar-refractivity contribution >= 4 is 16.8 Å². The maximum absolute atomic E-state index is 12.4. The molecule has 1 aromatic heterocycles. The second-order valence-electron chi connectivity index (χ2n) is 5.80. The van der Waals surface area contributed by atoms with E-state index in [1.54, 1.807) is 6.07 Å². The van der Waals surface area contributed by atoms with E-state index in [0.29, 0.717) is 23.9 Å². The van der Waals surface area contributed by atoms with Gasteiger partial charge in [-0.25, -0.2) is 4.98 Å². The van der Waals surface area contributed by atoms with Gasteiger partial charge in [-0.1, -0.05) is 32.0 Å². The molecule has 0 atom stereocenters. The van der Waals surface area contributed by atoms with Crippen molar-refractivity contribution in [2.75, 3.05) is 6.54 Å². The Labute approximate surface area is 125 Å². The van der Waals surface area contributed by atoms with Gasteiger partial charge in [0, 0.05) is 18.0 Å². The number of carbonyl (C=O) groups excluding carboxylic acids is 1. The molecule has 0 radical (unpaired) electrons. The lowest BCUT2D eigenvalue weighted by Gasteiger charge is -2.13. The zero-order valence-corrected chi connectivity index (χ0v) is 13.0. The summed E-state index contributed by atoms with van der Waals surface area (Å²) in [5.41, 5.74) is 1.38. The van der Waals surface area contributed by atoms with Gasteiger partial charge in [0.1, 0.15) is 0 Å². The fourth-order valence-corrected chi connectivity index (χ4v) is 2.03. The Bertz CT molecular complexity index is 636. The van der Waals surface area contributed by atoms with E-state index < -0.39 is 0 Å². The summed E-state index contributed by atoms with van der Waals surface area (Å²) in [5.74, 6) is 0.808. The number of amides is 1. The highest BCUT2D eigenvalue weighted by Gasteiger charge is 2.14. The average Bonchev–Trinajstić information content (AvgIpc) is 2.43. The summed E-state index contributed by atoms with van der Waals surface area (Å²) in [6, 6.07) is 9.34. The monoisotopic (exact) mass is 286 g/mol. The molecule has 0 unspecified atom stereocenters. The van der Waals surface area contributed by atoms with E-state index in [9.17, 15) is 4.79 Å². The largest absolute Gasteiger partial charge is 0.475 e. The zero-order valence-electron chi connectivity index (χ0n) is 13.0. The second-order valence-corrected chi connectivity index (χ2v) is 5.80. The van der Waals surface area contributed by atoms with Gasteiger partial charge in [0.2, 0.25) is 5.88 Å². The first-order valence-corrected chi connectivity index (χ1v) is 7.32. The van der Waals surface area contributed by atoms with Crippen molar-refractivity contribution < 1.29 is 9.53 Å². The molecule has 1 aromatic carbocycles. The fourth-order valence-electron chi connectivity index (χ4n) is 2.03. The van der Waals surface area contributed by atoms with Crippen molar-refractivity contribution in [3.63, 3.8) is 0 Å². The molecule has 112 valence electrons. The normalized spacial score (nSPS) is 11.1. The van der Waals surface area contributed by atoms with Crippen LogP contribution in [-0.4, -0.2) is 23.5 Å². The van der Waals surface area contributed by atoms with Crippen LogP contribution in [0.3, 0.4) is 0 Å². The third kappa shape index (κ3) is 3.94. The van der Waals surface area contributed by atoms with Crippen LogP contribution in [0.15, 0.2) is 30.3 Å². The van der Waals surface area contributed by atoms with Gasteiger partial charge in [-0.05, 0) is 25.8 Å². The molecule has 0 aliphatic heterocycles. The number of hydrogen-bond donors (Lipinski definition) is 1. The Morgan fingerprint density at radius 1 is 1.24 bits per heavy atom. The van der Waals surface area contributed by atoms with E-state index in [-0.39, 0.29) is 12.0 Å². The van der Waals surface area contributed by atoms with Crippen LogP contribution in [0.5, 0.6) is 5.88 Å². The molecule has 4 heteroatoms. The van der Waals surface area contributed by atoms with Crippen LogP contribution < -0.4 is 10.1 Å². The lowest BCUT2D eigenvalue weighted by Crippen LogP contribution is -2.27. The van der Waals surface area contributed by atoms with Crippen molar-refractivity contribution in [1.82, 2.24) is 10.3 Å². The summed E-state index contributed by atoms with van der Waals surface area (Å²) in [7, 11) is 0. The van der Waals surface area contributed by atoms with Crippen molar-refractivity contribution in [3.8, 4) is 5.88 Å². The molecule has 21 heavy (non-hydrogen) atoms. The van der Waals surface area contributed by atoms with Crippen molar-refractivity contribution in [2.45, 2.75) is 33.8 Å². The SMILES string of the molecule is CC(C)CNC(=O)c1cc(OC(C)C)nc2ccccc12. The molecule has 4 nitrogen and oxygen atoms in total. The molecule has 0 spiro atoms. The number of nitrogens with one attached hydrogen (secondary N) is 1. The average molecular weight is 286 g/mol. The Hall–Kier alpha value is -2.10. The predicted molar refractivity (Wildman–Crippen MR) is 84.7 cm³/mol. The van der Waals surface area contributed by atoms with Gasteiger partial charge >= 0.3 is 0 Å². The number of nitrogens with zero attached hydrogens (tertiary/aromatic N) is 1. The first kappa shape index (κ1) is 15.3. The van der Waals surface area contributed by atoms with Gasteiger partial charge in [0.05, 0.1) is 17.2 Å². The van der Waals surface area contributed by atoms with Gasteiger partial charge in [-0.2, -0.15) is 0 Å². The Balaban J connectivity index is 2.41. The minimum absolute atomic E-state index is 0.0187. The molecule has 0 bridgehead atoms. The maximum atomic E-state index is 12.4. The van der Waals surface area contributed by atoms with E-state index in [4.69, 9.17) is 4.74 Å². The third-order valence-electron chi connectivity index (χ3n) is 2.96. The summed E-state index contributed by atoms with van der Waals surface area (Å²) < 4.78 is 5.65. The molecule has 0 saturated heterocycles. The highest BCUT2D eigenvalue weighted by Crippen LogP contribution is 2.22. The Morgan fingerprint density at radius 3 is 2.62 bits per heavy atom. The smallest absolute Gasteiger partial charge is 0.252 e. The number of ether oxygens (including phenoxy) is 1. The number of fused-ring (bicyclic) bond motifs is 1. The number of hydrogen-bond acceptors (Lipinski definition) is 3. The summed E-state index contributed by atoms with van der Waals surface area (Å²) >= 11 is 0. The van der Waals surface area contributed by atoms with Gasteiger partial charge in [0.15, 0.2) is 0 Å². The molecule has 2 rings (SSSR count). The van der Waals surface area contributed by atoms with Gasteiger partial charge in [-0.3, -0.25) is 4.79 Å². The van der Waals surface area contributed by atoms with E-state index in [1.165, 1.54) is 0 Å². The predicted octanol–water partition coefficient (Wildman–Crippen LogP) is 3.41. The molecule has 1 amide bonds. The number of benzene rings is 1. The lowest BCUT2D eigenvalue weighted by molar-refractivity contribution is 0.0949. The van der Waals surface area contributed by atoms with Crippen molar-refractivity contribution in [2.24, 2.45) is 5.92 Å². The van der Waals surface area contributed by atoms with Crippen LogP contribution >= 0.6 is 0 Å². The highest BCUT2D eigenvalue weighted by atomic mass is 16.5. The summed E-state index contributed by atoms with van der Waals surface area (Å²) in [4.78, 5) is 16.9. The number of para-hydroxylation sites is 1. The third-order valence-corrected chi connectivity index (χ3v) is 2.96. The summed E-state index contributed by atoms with van der Waals surface area (Å²) in [6.07, 6.45) is 0.0187. The van der Waals surface area contributed by atoms with E-state index in [2.05, 4.69) is 24.1 Å². The quantitative estimate of drug-likeness (QED) is 0.916. The molecular formula is C17H22N2O2. The molecule has 0 aliphatic rings. The first-order chi connectivity index (χ1) is 9.97. The summed E-state index contributed by atoms with van der Waals surface area (Å²) in [5, 5.41) is 3.79. The highest BCUT2D eigenvalue weighted by molar-refractivity contribution is 6.06. The molecule has 0 saturated carbocycles. The van der Waals surface area contributed by atoms with Crippen LogP contribution in [-0.2, 0) is 0 Å². The first-order valence-electron chi connectivity index (χ1n) is 7.32. The fraction of sp³-hybridized carbons (Fsp3) is 0.412. The minimum Gasteiger partial charge on any atom is -0.475 e. The number of rotatable bonds is 5. The molecular weight excluding hydrogens is 264 g/mol. The van der Waals surface area contributed by atoms with Crippen LogP contribution in [0.4, 0.5) is 0 Å². The Kier molecular flexibility index (Phi) is 4.78. The number of aromatic nitrogens is 1. The second kappa shape index (κ2) is 6.57. The van der Waals surface area contributed by atoms with Gasteiger partial charge < -0.3 is 10.1 Å². The molecule has 2 aromatic rings. The molecule has 0 aliphatic carbocycles.